The van der Waals surface area contributed by atoms with E-state index >= 15 is 0 Å². The van der Waals surface area contributed by atoms with Crippen molar-refractivity contribution in [2.45, 2.75) is 56.3 Å². The molecule has 4 heterocycles. The lowest BCUT2D eigenvalue weighted by atomic mass is 9.98. The summed E-state index contributed by atoms with van der Waals surface area (Å²) in [6.07, 6.45) is 8.00. The third-order valence-electron chi connectivity index (χ3n) is 7.51. The van der Waals surface area contributed by atoms with Crippen LogP contribution in [0, 0.1) is 5.92 Å². The summed E-state index contributed by atoms with van der Waals surface area (Å²) in [4.78, 5) is 22.8. The molecule has 0 amide bonds. The second-order valence-corrected chi connectivity index (χ2v) is 9.78. The highest BCUT2D eigenvalue weighted by Crippen LogP contribution is 2.47. The highest BCUT2D eigenvalue weighted by atomic mass is 16.5. The monoisotopic (exact) mass is 433 g/mol. The number of morpholine rings is 1. The summed E-state index contributed by atoms with van der Waals surface area (Å²) in [6, 6.07) is 6.92. The molecule has 2 saturated heterocycles. The first kappa shape index (κ1) is 18.8. The number of anilines is 1. The van der Waals surface area contributed by atoms with Crippen LogP contribution in [0.4, 0.5) is 5.95 Å². The molecule has 2 aliphatic carbocycles. The minimum absolute atomic E-state index is 0.0537. The fourth-order valence-corrected chi connectivity index (χ4v) is 5.48. The minimum Gasteiger partial charge on any atom is -0.376 e. The van der Waals surface area contributed by atoms with Crippen LogP contribution in [0.1, 0.15) is 55.3 Å². The molecule has 8 heteroatoms. The zero-order valence-electron chi connectivity index (χ0n) is 18.2. The maximum Gasteiger partial charge on any atom is 0.263 e. The van der Waals surface area contributed by atoms with Crippen molar-refractivity contribution in [2.24, 2.45) is 5.92 Å². The molecule has 0 radical (unpaired) electrons. The van der Waals surface area contributed by atoms with Gasteiger partial charge in [0.25, 0.3) is 5.56 Å². The number of aromatic amines is 1. The molecule has 2 aromatic heterocycles. The van der Waals surface area contributed by atoms with Crippen molar-refractivity contribution < 1.29 is 9.47 Å². The predicted octanol–water partition coefficient (Wildman–Crippen LogP) is 3.06. The van der Waals surface area contributed by atoms with Crippen LogP contribution in [0.3, 0.4) is 0 Å². The van der Waals surface area contributed by atoms with Crippen LogP contribution < -0.4 is 10.5 Å². The summed E-state index contributed by atoms with van der Waals surface area (Å²) in [6.45, 7) is 1.46. The molecule has 1 aromatic carbocycles. The molecule has 3 unspecified atom stereocenters. The molecule has 3 aromatic rings. The van der Waals surface area contributed by atoms with Crippen LogP contribution in [-0.2, 0) is 9.47 Å². The van der Waals surface area contributed by atoms with Crippen LogP contribution in [0.2, 0.25) is 0 Å². The van der Waals surface area contributed by atoms with Crippen molar-refractivity contribution in [1.82, 2.24) is 19.7 Å². The molecule has 2 aliphatic heterocycles. The smallest absolute Gasteiger partial charge is 0.263 e. The molecule has 2 bridgehead atoms. The van der Waals surface area contributed by atoms with Crippen molar-refractivity contribution in [2.75, 3.05) is 25.2 Å². The van der Waals surface area contributed by atoms with Gasteiger partial charge in [0.15, 0.2) is 5.65 Å². The van der Waals surface area contributed by atoms with Gasteiger partial charge < -0.3 is 14.4 Å². The molecule has 3 atom stereocenters. The number of benzene rings is 1. The first-order valence-corrected chi connectivity index (χ1v) is 11.7. The van der Waals surface area contributed by atoms with Gasteiger partial charge in [0.1, 0.15) is 5.39 Å². The number of H-pyrrole nitrogens is 1. The maximum atomic E-state index is 12.9. The summed E-state index contributed by atoms with van der Waals surface area (Å²) in [5.74, 6) is 1.82. The van der Waals surface area contributed by atoms with Gasteiger partial charge in [-0.25, -0.2) is 4.68 Å². The van der Waals surface area contributed by atoms with Gasteiger partial charge in [-0.3, -0.25) is 9.78 Å². The summed E-state index contributed by atoms with van der Waals surface area (Å²) in [5, 5.41) is 5.26. The lowest BCUT2D eigenvalue weighted by molar-refractivity contribution is 0.0844. The molecule has 32 heavy (non-hydrogen) atoms. The van der Waals surface area contributed by atoms with Gasteiger partial charge in [0.2, 0.25) is 5.95 Å². The van der Waals surface area contributed by atoms with Crippen molar-refractivity contribution >= 4 is 17.0 Å². The number of methoxy groups -OCH3 is 1. The Labute approximate surface area is 185 Å². The predicted molar refractivity (Wildman–Crippen MR) is 119 cm³/mol. The highest BCUT2D eigenvalue weighted by molar-refractivity contribution is 5.75. The lowest BCUT2D eigenvalue weighted by Crippen LogP contribution is -2.38. The second-order valence-electron chi connectivity index (χ2n) is 9.78. The van der Waals surface area contributed by atoms with Crippen LogP contribution >= 0.6 is 0 Å². The number of ether oxygens (including phenoxy) is 2. The second kappa shape index (κ2) is 6.89. The minimum atomic E-state index is -0.151. The average Bonchev–Trinajstić information content (AvgIpc) is 3.70. The van der Waals surface area contributed by atoms with Crippen molar-refractivity contribution in [3.63, 3.8) is 0 Å². The Morgan fingerprint density at radius 2 is 2.12 bits per heavy atom. The topological polar surface area (TPSA) is 85.3 Å². The maximum absolute atomic E-state index is 12.9. The van der Waals surface area contributed by atoms with E-state index in [9.17, 15) is 4.79 Å². The molecular formula is C24H27N5O3. The van der Waals surface area contributed by atoms with Gasteiger partial charge in [-0.1, -0.05) is 12.1 Å². The Morgan fingerprint density at radius 3 is 2.81 bits per heavy atom. The normalized spacial score (nSPS) is 25.7. The number of hydrogen-bond acceptors (Lipinski definition) is 6. The van der Waals surface area contributed by atoms with E-state index in [0.717, 1.165) is 24.2 Å². The molecular weight excluding hydrogens is 406 g/mol. The van der Waals surface area contributed by atoms with E-state index < -0.39 is 0 Å². The first-order valence-electron chi connectivity index (χ1n) is 11.7. The van der Waals surface area contributed by atoms with E-state index in [1.54, 1.807) is 13.3 Å². The van der Waals surface area contributed by atoms with Crippen LogP contribution in [-0.4, -0.2) is 52.2 Å². The Kier molecular flexibility index (Phi) is 4.05. The van der Waals surface area contributed by atoms with Gasteiger partial charge in [0.05, 0.1) is 30.5 Å². The van der Waals surface area contributed by atoms with Gasteiger partial charge in [-0.2, -0.15) is 4.98 Å². The Hall–Kier alpha value is -2.71. The van der Waals surface area contributed by atoms with E-state index in [1.165, 1.54) is 31.2 Å². The van der Waals surface area contributed by atoms with E-state index in [0.29, 0.717) is 35.4 Å². The summed E-state index contributed by atoms with van der Waals surface area (Å²) >= 11 is 0. The molecule has 8 nitrogen and oxygen atoms in total. The molecule has 2 saturated carbocycles. The van der Waals surface area contributed by atoms with Crippen molar-refractivity contribution in [1.29, 1.82) is 0 Å². The SMILES string of the molecule is COC(c1cc(C2CC2)ccc1-n1cc2c(=O)[nH]c(N3CC4CC3CO4)nc2n1)C1CC1. The zero-order valence-corrected chi connectivity index (χ0v) is 18.2. The largest absolute Gasteiger partial charge is 0.376 e. The van der Waals surface area contributed by atoms with Crippen LogP contribution in [0.15, 0.2) is 29.2 Å². The third kappa shape index (κ3) is 3.00. The van der Waals surface area contributed by atoms with Gasteiger partial charge in [-0.05, 0) is 55.6 Å². The van der Waals surface area contributed by atoms with E-state index in [2.05, 4.69) is 28.1 Å². The number of fused-ring (bicyclic) bond motifs is 3. The Balaban J connectivity index is 1.32. The van der Waals surface area contributed by atoms with Gasteiger partial charge in [-0.15, -0.1) is 5.10 Å². The van der Waals surface area contributed by atoms with Crippen LogP contribution in [0.5, 0.6) is 0 Å². The first-order chi connectivity index (χ1) is 15.7. The fraction of sp³-hybridized carbons (Fsp3) is 0.542. The summed E-state index contributed by atoms with van der Waals surface area (Å²) < 4.78 is 13.5. The standard InChI is InChI=1S/C24H27N5O3/c1-31-21(14-4-5-14)18-8-15(13-2-3-13)6-7-20(18)29-11-19-22(27-29)25-24(26-23(19)30)28-10-17-9-16(28)12-32-17/h6-8,11,13-14,16-17,21H,2-5,9-10,12H2,1H3,(H,25,26,27,30). The summed E-state index contributed by atoms with van der Waals surface area (Å²) in [5.41, 5.74) is 3.85. The van der Waals surface area contributed by atoms with E-state index in [-0.39, 0.29) is 23.8 Å². The van der Waals surface area contributed by atoms with E-state index in [1.807, 2.05) is 4.68 Å². The van der Waals surface area contributed by atoms with Crippen molar-refractivity contribution in [3.8, 4) is 5.69 Å². The third-order valence-corrected chi connectivity index (χ3v) is 7.51. The number of hydrogen-bond donors (Lipinski definition) is 1. The number of nitrogens with one attached hydrogen (secondary N) is 1. The average molecular weight is 434 g/mol. The van der Waals surface area contributed by atoms with Crippen LogP contribution in [0.25, 0.3) is 16.7 Å². The number of rotatable bonds is 6. The fourth-order valence-electron chi connectivity index (χ4n) is 5.48. The quantitative estimate of drug-likeness (QED) is 0.643. The molecule has 4 aliphatic rings. The number of aromatic nitrogens is 4. The highest BCUT2D eigenvalue weighted by Gasteiger charge is 2.40. The Morgan fingerprint density at radius 1 is 1.25 bits per heavy atom. The molecule has 0 spiro atoms. The molecule has 7 rings (SSSR count). The van der Waals surface area contributed by atoms with Gasteiger partial charge >= 0.3 is 0 Å². The molecule has 166 valence electrons. The molecule has 4 fully saturated rings. The number of nitrogens with zero attached hydrogens (tertiary/aromatic N) is 4. The molecule has 1 N–H and O–H groups in total. The van der Waals surface area contributed by atoms with E-state index in [4.69, 9.17) is 19.6 Å². The van der Waals surface area contributed by atoms with Gasteiger partial charge in [0, 0.05) is 25.4 Å². The zero-order chi connectivity index (χ0) is 21.4. The summed E-state index contributed by atoms with van der Waals surface area (Å²) in [7, 11) is 1.79. The van der Waals surface area contributed by atoms with Crippen molar-refractivity contribution in [3.05, 3.63) is 45.9 Å². The lowest BCUT2D eigenvalue weighted by Gasteiger charge is -2.26. The Bertz CT molecular complexity index is 1260.